The van der Waals surface area contributed by atoms with Crippen LogP contribution in [0.4, 0.5) is 0 Å². The fourth-order valence-electron chi connectivity index (χ4n) is 4.84. The molecule has 4 atom stereocenters. The van der Waals surface area contributed by atoms with Gasteiger partial charge in [0.05, 0.1) is 12.5 Å². The largest absolute Gasteiger partial charge is 0.384 e. The van der Waals surface area contributed by atoms with E-state index in [1.165, 1.54) is 0 Å². The molecule has 1 aromatic heterocycles. The van der Waals surface area contributed by atoms with E-state index in [9.17, 15) is 14.4 Å². The van der Waals surface area contributed by atoms with Gasteiger partial charge in [0.1, 0.15) is 6.17 Å². The van der Waals surface area contributed by atoms with Crippen LogP contribution >= 0.6 is 0 Å². The number of hydrogen-bond donors (Lipinski definition) is 3. The molecule has 0 bridgehead atoms. The molecule has 1 rings (SSSR count). The Morgan fingerprint density at radius 1 is 0.825 bits per heavy atom. The third-order valence-corrected chi connectivity index (χ3v) is 7.43. The number of amides is 3. The van der Waals surface area contributed by atoms with E-state index in [0.29, 0.717) is 25.7 Å². The van der Waals surface area contributed by atoms with Crippen LogP contribution in [-0.4, -0.2) is 48.6 Å². The summed E-state index contributed by atoms with van der Waals surface area (Å²) in [4.78, 5) is 44.3. The highest BCUT2D eigenvalue weighted by molar-refractivity contribution is 5.81. The van der Waals surface area contributed by atoms with E-state index in [1.54, 1.807) is 19.5 Å². The molecule has 0 spiro atoms. The minimum absolute atomic E-state index is 0.0128. The van der Waals surface area contributed by atoms with Gasteiger partial charge in [-0.1, -0.05) is 55.4 Å². The number of hydrogen-bond acceptors (Lipinski definition) is 5. The van der Waals surface area contributed by atoms with Gasteiger partial charge in [0, 0.05) is 44.3 Å². The summed E-state index contributed by atoms with van der Waals surface area (Å²) >= 11 is 0. The van der Waals surface area contributed by atoms with Crippen molar-refractivity contribution in [2.24, 2.45) is 28.6 Å². The van der Waals surface area contributed by atoms with Crippen LogP contribution in [0.5, 0.6) is 0 Å². The number of rotatable bonds is 15. The lowest BCUT2D eigenvalue weighted by Gasteiger charge is -2.40. The fraction of sp³-hybridized carbons (Fsp3) is 0.750. The van der Waals surface area contributed by atoms with Gasteiger partial charge in [0.15, 0.2) is 0 Å². The lowest BCUT2D eigenvalue weighted by atomic mass is 9.72. The summed E-state index contributed by atoms with van der Waals surface area (Å²) in [6, 6.07) is 3.87. The van der Waals surface area contributed by atoms with E-state index in [4.69, 9.17) is 4.74 Å². The average Bonchev–Trinajstić information content (AvgIpc) is 2.84. The molecule has 0 aliphatic heterocycles. The molecule has 3 amide bonds. The zero-order valence-electron chi connectivity index (χ0n) is 26.9. The summed E-state index contributed by atoms with van der Waals surface area (Å²) < 4.78 is 5.57. The number of pyridine rings is 1. The average molecular weight is 561 g/mol. The van der Waals surface area contributed by atoms with E-state index in [0.717, 1.165) is 5.56 Å². The van der Waals surface area contributed by atoms with E-state index in [2.05, 4.69) is 76.3 Å². The quantitative estimate of drug-likeness (QED) is 0.248. The number of carbonyl (C=O) groups is 3. The van der Waals surface area contributed by atoms with Crippen molar-refractivity contribution in [3.63, 3.8) is 0 Å². The zero-order valence-corrected chi connectivity index (χ0v) is 26.9. The van der Waals surface area contributed by atoms with E-state index in [1.807, 2.05) is 26.0 Å². The molecule has 228 valence electrons. The second kappa shape index (κ2) is 16.1. The van der Waals surface area contributed by atoms with Gasteiger partial charge in [0.25, 0.3) is 0 Å². The van der Waals surface area contributed by atoms with Gasteiger partial charge >= 0.3 is 0 Å². The van der Waals surface area contributed by atoms with Crippen molar-refractivity contribution in [1.82, 2.24) is 20.9 Å². The van der Waals surface area contributed by atoms with E-state index in [-0.39, 0.29) is 53.0 Å². The standard InChI is InChI=1S/C32H56N4O4/c1-21(2)34-30(39)25(20-40-11)28(23(4)22(3)24-14-18-33-19-15-24)29(35-26(37)12-16-31(5,6)7)36-27(38)13-17-32(8,9)10/h14-15,18-19,21-23,25,28-29H,12-13,16-17,20H2,1-11H3,(H,34,39)(H,35,37)(H,36,38). The van der Waals surface area contributed by atoms with Crippen LogP contribution in [0.3, 0.4) is 0 Å². The smallest absolute Gasteiger partial charge is 0.226 e. The molecule has 0 saturated carbocycles. The number of nitrogens with zero attached hydrogens (tertiary/aromatic N) is 1. The van der Waals surface area contributed by atoms with Crippen molar-refractivity contribution in [2.75, 3.05) is 13.7 Å². The van der Waals surface area contributed by atoms with Gasteiger partial charge < -0.3 is 20.7 Å². The molecule has 4 unspecified atom stereocenters. The maximum absolute atomic E-state index is 13.6. The summed E-state index contributed by atoms with van der Waals surface area (Å²) in [5.41, 5.74) is 1.05. The van der Waals surface area contributed by atoms with Gasteiger partial charge in [-0.2, -0.15) is 0 Å². The van der Waals surface area contributed by atoms with Crippen LogP contribution in [0.2, 0.25) is 0 Å². The second-order valence-corrected chi connectivity index (χ2v) is 14.0. The topological polar surface area (TPSA) is 109 Å². The highest BCUT2D eigenvalue weighted by atomic mass is 16.5. The minimum atomic E-state index is -0.753. The van der Waals surface area contributed by atoms with Crippen LogP contribution in [0.15, 0.2) is 24.5 Å². The molecule has 3 N–H and O–H groups in total. The summed E-state index contributed by atoms with van der Waals surface area (Å²) in [6.45, 7) is 20.7. The van der Waals surface area contributed by atoms with Gasteiger partial charge in [-0.3, -0.25) is 19.4 Å². The van der Waals surface area contributed by atoms with Gasteiger partial charge in [-0.15, -0.1) is 0 Å². The number of ether oxygens (including phenoxy) is 1. The molecule has 0 aromatic carbocycles. The third-order valence-electron chi connectivity index (χ3n) is 7.43. The van der Waals surface area contributed by atoms with Gasteiger partial charge in [-0.25, -0.2) is 0 Å². The number of methoxy groups -OCH3 is 1. The molecular formula is C32H56N4O4. The molecule has 0 saturated heterocycles. The van der Waals surface area contributed by atoms with Crippen molar-refractivity contribution in [3.8, 4) is 0 Å². The monoisotopic (exact) mass is 560 g/mol. The summed E-state index contributed by atoms with van der Waals surface area (Å²) in [6.07, 6.45) is 4.81. The molecule has 8 heteroatoms. The Kier molecular flexibility index (Phi) is 14.3. The number of carbonyl (C=O) groups excluding carboxylic acids is 3. The third kappa shape index (κ3) is 13.2. The van der Waals surface area contributed by atoms with Crippen LogP contribution < -0.4 is 16.0 Å². The zero-order chi connectivity index (χ0) is 30.7. The number of aromatic nitrogens is 1. The van der Waals surface area contributed by atoms with Gasteiger partial charge in [0.2, 0.25) is 17.7 Å². The molecule has 0 aliphatic carbocycles. The van der Waals surface area contributed by atoms with Crippen molar-refractivity contribution >= 4 is 17.7 Å². The molecule has 1 heterocycles. The predicted molar refractivity (Wildman–Crippen MR) is 161 cm³/mol. The van der Waals surface area contributed by atoms with Crippen LogP contribution in [0.25, 0.3) is 0 Å². The highest BCUT2D eigenvalue weighted by Crippen LogP contribution is 2.36. The first kappa shape index (κ1) is 35.5. The Labute approximate surface area is 243 Å². The molecule has 1 aromatic rings. The van der Waals surface area contributed by atoms with Crippen molar-refractivity contribution in [3.05, 3.63) is 30.1 Å². The van der Waals surface area contributed by atoms with Gasteiger partial charge in [-0.05, 0) is 67.1 Å². The maximum Gasteiger partial charge on any atom is 0.226 e. The maximum atomic E-state index is 13.6. The van der Waals surface area contributed by atoms with Crippen LogP contribution in [0, 0.1) is 28.6 Å². The summed E-state index contributed by atoms with van der Waals surface area (Å²) in [5, 5.41) is 9.31. The molecule has 0 fully saturated rings. The Hall–Kier alpha value is -2.48. The summed E-state index contributed by atoms with van der Waals surface area (Å²) in [7, 11) is 1.57. The normalized spacial score (nSPS) is 15.3. The first-order valence-corrected chi connectivity index (χ1v) is 14.7. The Balaban J connectivity index is 3.55. The molecule has 8 nitrogen and oxygen atoms in total. The van der Waals surface area contributed by atoms with E-state index >= 15 is 0 Å². The first-order valence-electron chi connectivity index (χ1n) is 14.7. The Morgan fingerprint density at radius 3 is 1.70 bits per heavy atom. The minimum Gasteiger partial charge on any atom is -0.384 e. The summed E-state index contributed by atoms with van der Waals surface area (Å²) in [5.74, 6) is -1.61. The Bertz CT molecular complexity index is 889. The van der Waals surface area contributed by atoms with Crippen molar-refractivity contribution < 1.29 is 19.1 Å². The fourth-order valence-corrected chi connectivity index (χ4v) is 4.84. The molecule has 0 aliphatic rings. The van der Waals surface area contributed by atoms with Crippen LogP contribution in [0.1, 0.15) is 106 Å². The second-order valence-electron chi connectivity index (χ2n) is 14.0. The SMILES string of the molecule is COCC(C(=O)NC(C)C)C(C(NC(=O)CCC(C)(C)C)NC(=O)CCC(C)(C)C)C(C)C(C)c1ccncc1. The van der Waals surface area contributed by atoms with E-state index < -0.39 is 18.0 Å². The lowest BCUT2D eigenvalue weighted by Crippen LogP contribution is -2.59. The lowest BCUT2D eigenvalue weighted by molar-refractivity contribution is -0.135. The number of nitrogens with one attached hydrogen (secondary N) is 3. The van der Waals surface area contributed by atoms with Crippen LogP contribution in [-0.2, 0) is 19.1 Å². The van der Waals surface area contributed by atoms with Crippen molar-refractivity contribution in [1.29, 1.82) is 0 Å². The van der Waals surface area contributed by atoms with Crippen molar-refractivity contribution in [2.45, 2.75) is 113 Å². The molecular weight excluding hydrogens is 504 g/mol. The first-order chi connectivity index (χ1) is 18.4. The predicted octanol–water partition coefficient (Wildman–Crippen LogP) is 5.44. The highest BCUT2D eigenvalue weighted by Gasteiger charge is 2.42. The molecule has 0 radical (unpaired) electrons. The Morgan fingerprint density at radius 2 is 1.30 bits per heavy atom. The molecule has 40 heavy (non-hydrogen) atoms.